The lowest BCUT2D eigenvalue weighted by atomic mass is 10.0. The van der Waals surface area contributed by atoms with Crippen molar-refractivity contribution in [2.75, 3.05) is 26.2 Å². The molecular weight excluding hydrogens is 239 g/mol. The van der Waals surface area contributed by atoms with Gasteiger partial charge in [0, 0.05) is 11.6 Å². The van der Waals surface area contributed by atoms with Gasteiger partial charge in [-0.3, -0.25) is 0 Å². The monoisotopic (exact) mass is 266 g/mol. The van der Waals surface area contributed by atoms with Crippen LogP contribution in [-0.2, 0) is 0 Å². The Kier molecular flexibility index (Phi) is 7.68. The Morgan fingerprint density at radius 2 is 1.84 bits per heavy atom. The van der Waals surface area contributed by atoms with Gasteiger partial charge in [-0.05, 0) is 45.1 Å². The second kappa shape index (κ2) is 9.05. The Bertz CT molecular complexity index is 350. The van der Waals surface area contributed by atoms with E-state index >= 15 is 0 Å². The van der Waals surface area contributed by atoms with E-state index in [2.05, 4.69) is 31.0 Å². The van der Waals surface area contributed by atoms with E-state index in [1.54, 1.807) is 6.07 Å². The zero-order valence-corrected chi connectivity index (χ0v) is 12.5. The molecule has 0 fully saturated rings. The lowest BCUT2D eigenvalue weighted by Crippen LogP contribution is -2.29. The summed E-state index contributed by atoms with van der Waals surface area (Å²) < 4.78 is 13.7. The lowest BCUT2D eigenvalue weighted by molar-refractivity contribution is 0.295. The predicted molar refractivity (Wildman–Crippen MR) is 79.8 cm³/mol. The number of nitrogens with zero attached hydrogens (tertiary/aromatic N) is 1. The largest absolute Gasteiger partial charge is 0.310 e. The van der Waals surface area contributed by atoms with Crippen molar-refractivity contribution < 1.29 is 4.39 Å². The normalized spacial score (nSPS) is 12.9. The Morgan fingerprint density at radius 3 is 2.42 bits per heavy atom. The average molecular weight is 266 g/mol. The summed E-state index contributed by atoms with van der Waals surface area (Å²) in [4.78, 5) is 2.41. The molecule has 0 radical (unpaired) electrons. The molecule has 1 aromatic rings. The molecule has 0 saturated heterocycles. The number of rotatable bonds is 9. The second-order valence-corrected chi connectivity index (χ2v) is 4.82. The molecule has 1 aromatic carbocycles. The molecule has 0 bridgehead atoms. The third-order valence-electron chi connectivity index (χ3n) is 3.63. The number of benzene rings is 1. The van der Waals surface area contributed by atoms with Crippen LogP contribution in [0.2, 0.25) is 0 Å². The molecule has 0 spiro atoms. The average Bonchev–Trinajstić information content (AvgIpc) is 2.44. The highest BCUT2D eigenvalue weighted by Crippen LogP contribution is 2.19. The molecule has 0 amide bonds. The fraction of sp³-hybridized carbons (Fsp3) is 0.625. The summed E-state index contributed by atoms with van der Waals surface area (Å²) in [5, 5.41) is 3.46. The maximum absolute atomic E-state index is 13.7. The van der Waals surface area contributed by atoms with Gasteiger partial charge in [0.15, 0.2) is 0 Å². The van der Waals surface area contributed by atoms with Crippen LogP contribution in [0.25, 0.3) is 0 Å². The van der Waals surface area contributed by atoms with E-state index in [0.717, 1.165) is 44.6 Å². The summed E-state index contributed by atoms with van der Waals surface area (Å²) in [6.07, 6.45) is 2.01. The van der Waals surface area contributed by atoms with Crippen molar-refractivity contribution in [3.63, 3.8) is 0 Å². The molecule has 1 unspecified atom stereocenters. The minimum absolute atomic E-state index is 0.106. The molecule has 0 aliphatic heterocycles. The standard InChI is InChI=1S/C16H27FN2/c1-4-16(14-10-7-8-11-15(14)17)18-12-9-13-19(5-2)6-3/h7-8,10-11,16,18H,4-6,9,12-13H2,1-3H3. The molecule has 1 N–H and O–H groups in total. The van der Waals surface area contributed by atoms with Crippen LogP contribution in [0, 0.1) is 5.82 Å². The maximum Gasteiger partial charge on any atom is 0.127 e. The van der Waals surface area contributed by atoms with E-state index < -0.39 is 0 Å². The van der Waals surface area contributed by atoms with Crippen LogP contribution < -0.4 is 5.32 Å². The Hall–Kier alpha value is -0.930. The Labute approximate surface area is 117 Å². The molecular formula is C16H27FN2. The molecule has 108 valence electrons. The summed E-state index contributed by atoms with van der Waals surface area (Å²) in [7, 11) is 0. The third kappa shape index (κ3) is 5.29. The fourth-order valence-electron chi connectivity index (χ4n) is 2.35. The molecule has 2 nitrogen and oxygen atoms in total. The summed E-state index contributed by atoms with van der Waals surface area (Å²) in [5.41, 5.74) is 0.785. The van der Waals surface area contributed by atoms with Gasteiger partial charge >= 0.3 is 0 Å². The van der Waals surface area contributed by atoms with Gasteiger partial charge in [0.1, 0.15) is 5.82 Å². The molecule has 0 aromatic heterocycles. The molecule has 0 aliphatic carbocycles. The summed E-state index contributed by atoms with van der Waals surface area (Å²) in [6.45, 7) is 10.7. The molecule has 0 saturated carbocycles. The van der Waals surface area contributed by atoms with Gasteiger partial charge in [0.25, 0.3) is 0 Å². The van der Waals surface area contributed by atoms with E-state index in [-0.39, 0.29) is 11.9 Å². The van der Waals surface area contributed by atoms with Crippen LogP contribution in [0.5, 0.6) is 0 Å². The van der Waals surface area contributed by atoms with E-state index in [0.29, 0.717) is 0 Å². The molecule has 0 aliphatic rings. The fourth-order valence-corrected chi connectivity index (χ4v) is 2.35. The van der Waals surface area contributed by atoms with Crippen LogP contribution in [0.1, 0.15) is 45.2 Å². The van der Waals surface area contributed by atoms with E-state index in [1.165, 1.54) is 6.07 Å². The van der Waals surface area contributed by atoms with Gasteiger partial charge in [0.2, 0.25) is 0 Å². The van der Waals surface area contributed by atoms with Crippen molar-refractivity contribution >= 4 is 0 Å². The first-order valence-electron chi connectivity index (χ1n) is 7.43. The highest BCUT2D eigenvalue weighted by Gasteiger charge is 2.12. The predicted octanol–water partition coefficient (Wildman–Crippen LogP) is 3.60. The molecule has 1 rings (SSSR count). The number of hydrogen-bond donors (Lipinski definition) is 1. The molecule has 1 atom stereocenters. The summed E-state index contributed by atoms with van der Waals surface area (Å²) in [6, 6.07) is 7.18. The minimum Gasteiger partial charge on any atom is -0.310 e. The highest BCUT2D eigenvalue weighted by molar-refractivity contribution is 5.20. The Morgan fingerprint density at radius 1 is 1.16 bits per heavy atom. The smallest absolute Gasteiger partial charge is 0.127 e. The van der Waals surface area contributed by atoms with Crippen molar-refractivity contribution in [3.8, 4) is 0 Å². The Balaban J connectivity index is 2.40. The first kappa shape index (κ1) is 16.1. The zero-order chi connectivity index (χ0) is 14.1. The van der Waals surface area contributed by atoms with Crippen molar-refractivity contribution in [3.05, 3.63) is 35.6 Å². The van der Waals surface area contributed by atoms with E-state index in [9.17, 15) is 4.39 Å². The molecule has 0 heterocycles. The highest BCUT2D eigenvalue weighted by atomic mass is 19.1. The number of halogens is 1. The summed E-state index contributed by atoms with van der Waals surface area (Å²) >= 11 is 0. The van der Waals surface area contributed by atoms with Gasteiger partial charge in [-0.1, -0.05) is 39.0 Å². The van der Waals surface area contributed by atoms with Crippen LogP contribution in [-0.4, -0.2) is 31.1 Å². The third-order valence-corrected chi connectivity index (χ3v) is 3.63. The van der Waals surface area contributed by atoms with Gasteiger partial charge in [-0.25, -0.2) is 4.39 Å². The van der Waals surface area contributed by atoms with Crippen LogP contribution >= 0.6 is 0 Å². The topological polar surface area (TPSA) is 15.3 Å². The van der Waals surface area contributed by atoms with E-state index in [4.69, 9.17) is 0 Å². The van der Waals surface area contributed by atoms with Gasteiger partial charge < -0.3 is 10.2 Å². The molecule has 19 heavy (non-hydrogen) atoms. The first-order chi connectivity index (χ1) is 9.22. The SMILES string of the molecule is CCC(NCCCN(CC)CC)c1ccccc1F. The van der Waals surface area contributed by atoms with Crippen molar-refractivity contribution in [2.45, 2.75) is 39.7 Å². The maximum atomic E-state index is 13.7. The van der Waals surface area contributed by atoms with Gasteiger partial charge in [-0.15, -0.1) is 0 Å². The van der Waals surface area contributed by atoms with Crippen LogP contribution in [0.3, 0.4) is 0 Å². The summed E-state index contributed by atoms with van der Waals surface area (Å²) in [5.74, 6) is -0.106. The second-order valence-electron chi connectivity index (χ2n) is 4.82. The van der Waals surface area contributed by atoms with Gasteiger partial charge in [-0.2, -0.15) is 0 Å². The van der Waals surface area contributed by atoms with Crippen molar-refractivity contribution in [1.29, 1.82) is 0 Å². The first-order valence-corrected chi connectivity index (χ1v) is 7.43. The van der Waals surface area contributed by atoms with Gasteiger partial charge in [0.05, 0.1) is 0 Å². The minimum atomic E-state index is -0.106. The molecule has 3 heteroatoms. The van der Waals surface area contributed by atoms with E-state index in [1.807, 2.05) is 12.1 Å². The van der Waals surface area contributed by atoms with Crippen molar-refractivity contribution in [2.24, 2.45) is 0 Å². The quantitative estimate of drug-likeness (QED) is 0.687. The van der Waals surface area contributed by atoms with Crippen molar-refractivity contribution in [1.82, 2.24) is 10.2 Å². The number of nitrogens with one attached hydrogen (secondary N) is 1. The number of hydrogen-bond acceptors (Lipinski definition) is 2. The van der Waals surface area contributed by atoms with Crippen LogP contribution in [0.4, 0.5) is 4.39 Å². The zero-order valence-electron chi connectivity index (χ0n) is 12.5. The lowest BCUT2D eigenvalue weighted by Gasteiger charge is -2.21. The van der Waals surface area contributed by atoms with Crippen LogP contribution in [0.15, 0.2) is 24.3 Å².